The third-order valence-corrected chi connectivity index (χ3v) is 6.58. The quantitative estimate of drug-likeness (QED) is 0.438. The minimum atomic E-state index is -4.41. The monoisotopic (exact) mass is 489 g/mol. The van der Waals surface area contributed by atoms with Gasteiger partial charge < -0.3 is 15.2 Å². The first-order valence-corrected chi connectivity index (χ1v) is 11.2. The van der Waals surface area contributed by atoms with Gasteiger partial charge in [-0.1, -0.05) is 6.07 Å². The molecule has 6 nitrogen and oxygen atoms in total. The largest absolute Gasteiger partial charge is 0.479 e. The highest BCUT2D eigenvalue weighted by Crippen LogP contribution is 2.35. The predicted molar refractivity (Wildman–Crippen MR) is 127 cm³/mol. The maximum absolute atomic E-state index is 13.3. The number of likely N-dealkylation sites (N-methyl/N-ethyl adjacent to an activating group) is 1. The number of carboxylic acid groups (broad SMARTS) is 1. The molecule has 0 amide bonds. The number of carbonyl (C=O) groups is 1. The van der Waals surface area contributed by atoms with Crippen molar-refractivity contribution in [2.75, 3.05) is 7.05 Å². The molecule has 0 fully saturated rings. The Morgan fingerprint density at radius 2 is 1.74 bits per heavy atom. The molecule has 0 bridgehead atoms. The van der Waals surface area contributed by atoms with Gasteiger partial charge in [0.1, 0.15) is 5.75 Å². The third kappa shape index (κ3) is 5.35. The second-order valence-corrected chi connectivity index (χ2v) is 8.66. The van der Waals surface area contributed by atoms with E-state index in [1.807, 2.05) is 33.0 Å². The van der Waals surface area contributed by atoms with Crippen LogP contribution < -0.4 is 10.1 Å². The number of aliphatic carboxylic acids is 1. The van der Waals surface area contributed by atoms with Gasteiger partial charge in [0.25, 0.3) is 0 Å². The molecule has 35 heavy (non-hydrogen) atoms. The summed E-state index contributed by atoms with van der Waals surface area (Å²) in [5, 5.41) is 16.8. The summed E-state index contributed by atoms with van der Waals surface area (Å²) in [5.41, 5.74) is 4.31. The first kappa shape index (κ1) is 26.3. The second kappa shape index (κ2) is 10.1. The van der Waals surface area contributed by atoms with Crippen LogP contribution in [0.4, 0.5) is 13.2 Å². The van der Waals surface area contributed by atoms with Gasteiger partial charge in [-0.15, -0.1) is 0 Å². The van der Waals surface area contributed by atoms with E-state index in [0.29, 0.717) is 23.4 Å². The molecule has 1 aromatic heterocycles. The number of rotatable bonds is 8. The van der Waals surface area contributed by atoms with Crippen molar-refractivity contribution in [2.24, 2.45) is 0 Å². The molecule has 9 heteroatoms. The Bertz CT molecular complexity index is 1230. The van der Waals surface area contributed by atoms with Crippen molar-refractivity contribution >= 4 is 5.97 Å². The first-order valence-electron chi connectivity index (χ1n) is 11.2. The number of aromatic nitrogens is 2. The van der Waals surface area contributed by atoms with Gasteiger partial charge >= 0.3 is 12.1 Å². The average molecular weight is 490 g/mol. The first-order chi connectivity index (χ1) is 16.4. The number of alkyl halides is 3. The summed E-state index contributed by atoms with van der Waals surface area (Å²) in [5.74, 6) is -0.529. The number of nitrogens with zero attached hydrogens (tertiary/aromatic N) is 2. The molecule has 0 aliphatic carbocycles. The Labute approximate surface area is 202 Å². The lowest BCUT2D eigenvalue weighted by Crippen LogP contribution is -2.24. The van der Waals surface area contributed by atoms with E-state index in [1.54, 1.807) is 23.9 Å². The Kier molecular flexibility index (Phi) is 7.59. The average Bonchev–Trinajstić information content (AvgIpc) is 3.24. The van der Waals surface area contributed by atoms with Gasteiger partial charge in [-0.25, -0.2) is 9.48 Å². The Morgan fingerprint density at radius 1 is 1.06 bits per heavy atom. The zero-order chi connectivity index (χ0) is 26.1. The molecule has 0 saturated heterocycles. The minimum Gasteiger partial charge on any atom is -0.479 e. The van der Waals surface area contributed by atoms with E-state index in [-0.39, 0.29) is 11.6 Å². The smallest absolute Gasteiger partial charge is 0.416 e. The predicted octanol–water partition coefficient (Wildman–Crippen LogP) is 5.48. The number of benzene rings is 2. The SMILES string of the molecule is CNC(Cc1ccnn1-c1ccc(C(F)(F)F)c(C)c1C)c1ccc(OC(C)C(=O)O)c(C)c1C. The number of hydrogen-bond donors (Lipinski definition) is 2. The molecule has 2 aromatic carbocycles. The number of carboxylic acids is 1. The van der Waals surface area contributed by atoms with E-state index in [2.05, 4.69) is 10.4 Å². The third-order valence-electron chi connectivity index (χ3n) is 6.58. The van der Waals surface area contributed by atoms with E-state index in [4.69, 9.17) is 9.84 Å². The van der Waals surface area contributed by atoms with E-state index >= 15 is 0 Å². The molecule has 0 spiro atoms. The van der Waals surface area contributed by atoms with Crippen LogP contribution in [0, 0.1) is 27.7 Å². The molecule has 1 heterocycles. The summed E-state index contributed by atoms with van der Waals surface area (Å²) in [6, 6.07) is 7.96. The van der Waals surface area contributed by atoms with Crippen LogP contribution in [0.25, 0.3) is 5.69 Å². The van der Waals surface area contributed by atoms with Gasteiger partial charge in [-0.2, -0.15) is 18.3 Å². The fourth-order valence-electron chi connectivity index (χ4n) is 4.18. The number of hydrogen-bond acceptors (Lipinski definition) is 4. The summed E-state index contributed by atoms with van der Waals surface area (Å²) in [6.45, 7) is 8.46. The van der Waals surface area contributed by atoms with Crippen LogP contribution in [-0.4, -0.2) is 34.0 Å². The van der Waals surface area contributed by atoms with Crippen LogP contribution in [0.2, 0.25) is 0 Å². The van der Waals surface area contributed by atoms with Crippen LogP contribution in [0.3, 0.4) is 0 Å². The Morgan fingerprint density at radius 3 is 2.34 bits per heavy atom. The van der Waals surface area contributed by atoms with Crippen LogP contribution >= 0.6 is 0 Å². The molecule has 0 radical (unpaired) electrons. The molecule has 2 atom stereocenters. The lowest BCUT2D eigenvalue weighted by Gasteiger charge is -2.23. The molecule has 3 aromatic rings. The van der Waals surface area contributed by atoms with Crippen LogP contribution in [0.15, 0.2) is 36.5 Å². The van der Waals surface area contributed by atoms with Gasteiger partial charge in [0.15, 0.2) is 6.10 Å². The zero-order valence-corrected chi connectivity index (χ0v) is 20.6. The molecule has 0 saturated carbocycles. The van der Waals surface area contributed by atoms with Crippen molar-refractivity contribution in [3.63, 3.8) is 0 Å². The fraction of sp³-hybridized carbons (Fsp3) is 0.385. The zero-order valence-electron chi connectivity index (χ0n) is 20.6. The minimum absolute atomic E-state index is 0.119. The molecular formula is C26H30F3N3O3. The summed E-state index contributed by atoms with van der Waals surface area (Å²) < 4.78 is 47.2. The molecule has 2 N–H and O–H groups in total. The van der Waals surface area contributed by atoms with Crippen molar-refractivity contribution in [2.45, 2.75) is 59.4 Å². The van der Waals surface area contributed by atoms with Crippen molar-refractivity contribution in [1.29, 1.82) is 0 Å². The molecule has 188 valence electrons. The number of nitrogens with one attached hydrogen (secondary N) is 1. The van der Waals surface area contributed by atoms with Crippen molar-refractivity contribution in [1.82, 2.24) is 15.1 Å². The Hall–Kier alpha value is -3.33. The molecular weight excluding hydrogens is 459 g/mol. The summed E-state index contributed by atoms with van der Waals surface area (Å²) in [6.07, 6.45) is -3.21. The number of halogens is 3. The summed E-state index contributed by atoms with van der Waals surface area (Å²) >= 11 is 0. The van der Waals surface area contributed by atoms with Gasteiger partial charge in [-0.3, -0.25) is 0 Å². The normalized spacial score (nSPS) is 13.5. The van der Waals surface area contributed by atoms with E-state index in [9.17, 15) is 18.0 Å². The summed E-state index contributed by atoms with van der Waals surface area (Å²) in [4.78, 5) is 11.2. The lowest BCUT2D eigenvalue weighted by atomic mass is 9.94. The van der Waals surface area contributed by atoms with Crippen LogP contribution in [-0.2, 0) is 17.4 Å². The highest BCUT2D eigenvalue weighted by molar-refractivity contribution is 5.72. The van der Waals surface area contributed by atoms with Crippen molar-refractivity contribution in [3.8, 4) is 11.4 Å². The summed E-state index contributed by atoms with van der Waals surface area (Å²) in [7, 11) is 1.84. The standard InChI is InChI=1S/C26H30F3N3O3/c1-14-17(4)24(35-18(5)25(33)34)10-7-20(14)22(30-6)13-19-11-12-31-32(19)23-9-8-21(26(27,28)29)15(2)16(23)3/h7-12,18,22,30H,13H2,1-6H3,(H,33,34). The lowest BCUT2D eigenvalue weighted by molar-refractivity contribution is -0.144. The van der Waals surface area contributed by atoms with Crippen LogP contribution in [0.5, 0.6) is 5.75 Å². The van der Waals surface area contributed by atoms with Gasteiger partial charge in [0.2, 0.25) is 0 Å². The highest BCUT2D eigenvalue weighted by Gasteiger charge is 2.33. The van der Waals surface area contributed by atoms with Gasteiger partial charge in [-0.05, 0) is 93.7 Å². The molecule has 0 aliphatic heterocycles. The van der Waals surface area contributed by atoms with E-state index < -0.39 is 23.8 Å². The Balaban J connectivity index is 1.94. The van der Waals surface area contributed by atoms with Crippen LogP contribution in [0.1, 0.15) is 52.0 Å². The second-order valence-electron chi connectivity index (χ2n) is 8.66. The van der Waals surface area contributed by atoms with E-state index in [1.165, 1.54) is 19.9 Å². The molecule has 2 unspecified atom stereocenters. The highest BCUT2D eigenvalue weighted by atomic mass is 19.4. The fourth-order valence-corrected chi connectivity index (χ4v) is 4.18. The maximum Gasteiger partial charge on any atom is 0.416 e. The molecule has 3 rings (SSSR count). The van der Waals surface area contributed by atoms with Gasteiger partial charge in [0.05, 0.1) is 11.3 Å². The van der Waals surface area contributed by atoms with Gasteiger partial charge in [0, 0.05) is 24.4 Å². The van der Waals surface area contributed by atoms with Crippen molar-refractivity contribution < 1.29 is 27.8 Å². The maximum atomic E-state index is 13.3. The van der Waals surface area contributed by atoms with E-state index in [0.717, 1.165) is 28.5 Å². The number of ether oxygens (including phenoxy) is 1. The van der Waals surface area contributed by atoms with Crippen molar-refractivity contribution in [3.05, 3.63) is 75.6 Å². The topological polar surface area (TPSA) is 76.4 Å². The molecule has 0 aliphatic rings.